The first-order valence-electron chi connectivity index (χ1n) is 10.4. The highest BCUT2D eigenvalue weighted by Gasteiger charge is 2.40. The second-order valence-corrected chi connectivity index (χ2v) is 8.10. The minimum Gasteiger partial charge on any atom is -0.467 e. The van der Waals surface area contributed by atoms with Crippen LogP contribution < -0.4 is 10.5 Å². The van der Waals surface area contributed by atoms with Crippen molar-refractivity contribution in [3.05, 3.63) is 71.0 Å². The third kappa shape index (κ3) is 3.47. The SMILES string of the molecule is C[C@H]1Oc2nc(cnc2N)C2C(CN(C)C(=O)c3ccc(F)cc31)N=C1C=CC(C#N)=CN12. The van der Waals surface area contributed by atoms with Crippen molar-refractivity contribution in [3.8, 4) is 11.9 Å². The molecule has 0 radical (unpaired) electrons. The van der Waals surface area contributed by atoms with Gasteiger partial charge < -0.3 is 20.3 Å². The van der Waals surface area contributed by atoms with Gasteiger partial charge in [-0.1, -0.05) is 0 Å². The van der Waals surface area contributed by atoms with E-state index in [4.69, 9.17) is 15.5 Å². The molecule has 2 N–H and O–H groups in total. The molecule has 2 bridgehead atoms. The van der Waals surface area contributed by atoms with Crippen LogP contribution in [-0.2, 0) is 0 Å². The molecule has 0 saturated heterocycles. The summed E-state index contributed by atoms with van der Waals surface area (Å²) in [5.41, 5.74) is 7.73. The van der Waals surface area contributed by atoms with E-state index in [2.05, 4.69) is 16.0 Å². The number of allylic oxidation sites excluding steroid dienone is 2. The maximum Gasteiger partial charge on any atom is 0.258 e. The van der Waals surface area contributed by atoms with Crippen LogP contribution in [0, 0.1) is 17.1 Å². The average Bonchev–Trinajstić information content (AvgIpc) is 3.16. The zero-order valence-corrected chi connectivity index (χ0v) is 17.9. The molecule has 1 amide bonds. The van der Waals surface area contributed by atoms with Crippen LogP contribution in [-0.4, -0.2) is 51.1 Å². The fourth-order valence-corrected chi connectivity index (χ4v) is 4.30. The number of rotatable bonds is 0. The number of benzene rings is 1. The van der Waals surface area contributed by atoms with Gasteiger partial charge in [-0.3, -0.25) is 9.79 Å². The fourth-order valence-electron chi connectivity index (χ4n) is 4.30. The molecular formula is C23H20FN7O2. The van der Waals surface area contributed by atoms with Crippen LogP contribution in [0.5, 0.6) is 5.88 Å². The van der Waals surface area contributed by atoms with E-state index >= 15 is 0 Å². The molecule has 3 atom stereocenters. The summed E-state index contributed by atoms with van der Waals surface area (Å²) in [6.45, 7) is 1.96. The molecule has 3 aliphatic rings. The molecule has 1 aromatic carbocycles. The van der Waals surface area contributed by atoms with Gasteiger partial charge in [0, 0.05) is 30.9 Å². The maximum absolute atomic E-state index is 14.1. The molecule has 10 heteroatoms. The van der Waals surface area contributed by atoms with Gasteiger partial charge in [-0.25, -0.2) is 14.4 Å². The van der Waals surface area contributed by atoms with Crippen LogP contribution in [0.3, 0.4) is 0 Å². The lowest BCUT2D eigenvalue weighted by molar-refractivity contribution is 0.0773. The predicted molar refractivity (Wildman–Crippen MR) is 117 cm³/mol. The summed E-state index contributed by atoms with van der Waals surface area (Å²) in [7, 11) is 1.67. The van der Waals surface area contributed by atoms with Gasteiger partial charge in [0.05, 0.1) is 23.5 Å². The van der Waals surface area contributed by atoms with E-state index < -0.39 is 24.0 Å². The van der Waals surface area contributed by atoms with Crippen molar-refractivity contribution in [2.45, 2.75) is 25.1 Å². The number of anilines is 1. The van der Waals surface area contributed by atoms with Crippen molar-refractivity contribution in [2.24, 2.45) is 4.99 Å². The van der Waals surface area contributed by atoms with E-state index in [0.29, 0.717) is 28.2 Å². The Morgan fingerprint density at radius 1 is 1.33 bits per heavy atom. The van der Waals surface area contributed by atoms with E-state index in [1.807, 2.05) is 4.90 Å². The van der Waals surface area contributed by atoms with Crippen molar-refractivity contribution in [1.29, 1.82) is 5.26 Å². The van der Waals surface area contributed by atoms with Crippen LogP contribution in [0.1, 0.15) is 40.7 Å². The van der Waals surface area contributed by atoms with Gasteiger partial charge in [0.25, 0.3) is 11.8 Å². The summed E-state index contributed by atoms with van der Waals surface area (Å²) < 4.78 is 20.0. The zero-order chi connectivity index (χ0) is 23.3. The minimum atomic E-state index is -0.714. The van der Waals surface area contributed by atoms with Gasteiger partial charge >= 0.3 is 0 Å². The third-order valence-electron chi connectivity index (χ3n) is 5.91. The topological polar surface area (TPSA) is 121 Å². The Morgan fingerprint density at radius 2 is 2.15 bits per heavy atom. The molecule has 0 spiro atoms. The summed E-state index contributed by atoms with van der Waals surface area (Å²) in [5.74, 6) is 0.0472. The Morgan fingerprint density at radius 3 is 2.94 bits per heavy atom. The molecular weight excluding hydrogens is 425 g/mol. The number of hydrogen-bond donors (Lipinski definition) is 1. The fraction of sp³-hybridized carbons (Fsp3) is 0.261. The normalized spacial score (nSPS) is 23.7. The van der Waals surface area contributed by atoms with Gasteiger partial charge in [-0.2, -0.15) is 5.26 Å². The average molecular weight is 445 g/mol. The zero-order valence-electron chi connectivity index (χ0n) is 17.9. The largest absolute Gasteiger partial charge is 0.467 e. The lowest BCUT2D eigenvalue weighted by Crippen LogP contribution is -2.39. The molecule has 0 fully saturated rings. The monoisotopic (exact) mass is 445 g/mol. The van der Waals surface area contributed by atoms with Gasteiger partial charge in [-0.15, -0.1) is 0 Å². The van der Waals surface area contributed by atoms with Crippen LogP contribution in [0.4, 0.5) is 10.2 Å². The van der Waals surface area contributed by atoms with Crippen molar-refractivity contribution in [3.63, 3.8) is 0 Å². The molecule has 5 rings (SSSR count). The predicted octanol–water partition coefficient (Wildman–Crippen LogP) is 2.52. The quantitative estimate of drug-likeness (QED) is 0.661. The Hall–Kier alpha value is -4.26. The number of amidine groups is 1. The molecule has 2 unspecified atom stereocenters. The summed E-state index contributed by atoms with van der Waals surface area (Å²) >= 11 is 0. The van der Waals surface area contributed by atoms with E-state index in [0.717, 1.165) is 0 Å². The number of hydrogen-bond acceptors (Lipinski definition) is 8. The van der Waals surface area contributed by atoms with Crippen molar-refractivity contribution in [2.75, 3.05) is 19.3 Å². The number of nitrogens with zero attached hydrogens (tertiary/aromatic N) is 6. The van der Waals surface area contributed by atoms with Crippen molar-refractivity contribution in [1.82, 2.24) is 19.8 Å². The van der Waals surface area contributed by atoms with E-state index in [9.17, 15) is 14.4 Å². The number of likely N-dealkylation sites (N-methyl/N-ethyl adjacent to an activating group) is 1. The third-order valence-corrected chi connectivity index (χ3v) is 5.91. The Bertz CT molecular complexity index is 1300. The summed E-state index contributed by atoms with van der Waals surface area (Å²) in [6, 6.07) is 5.28. The van der Waals surface area contributed by atoms with Gasteiger partial charge in [0.15, 0.2) is 5.82 Å². The van der Waals surface area contributed by atoms with Crippen molar-refractivity contribution >= 4 is 17.6 Å². The number of nitrogen functional groups attached to an aromatic ring is 1. The van der Waals surface area contributed by atoms with Gasteiger partial charge in [0.2, 0.25) is 0 Å². The number of aliphatic imine (C=N–C) groups is 1. The number of nitrogens with two attached hydrogens (primary N) is 1. The van der Waals surface area contributed by atoms with Crippen LogP contribution in [0.25, 0.3) is 0 Å². The number of nitriles is 1. The molecule has 0 saturated carbocycles. The Balaban J connectivity index is 1.67. The van der Waals surface area contributed by atoms with Crippen LogP contribution in [0.15, 0.2) is 53.3 Å². The molecule has 3 aliphatic heterocycles. The van der Waals surface area contributed by atoms with Crippen LogP contribution in [0.2, 0.25) is 0 Å². The highest BCUT2D eigenvalue weighted by molar-refractivity contribution is 5.98. The first-order chi connectivity index (χ1) is 15.9. The van der Waals surface area contributed by atoms with E-state index in [1.165, 1.54) is 18.2 Å². The first kappa shape index (κ1) is 20.6. The highest BCUT2D eigenvalue weighted by atomic mass is 19.1. The molecule has 166 valence electrons. The maximum atomic E-state index is 14.1. The number of carbonyl (C=O) groups is 1. The summed E-state index contributed by atoms with van der Waals surface area (Å²) in [4.78, 5) is 30.4. The van der Waals surface area contributed by atoms with Crippen molar-refractivity contribution < 1.29 is 13.9 Å². The van der Waals surface area contributed by atoms with Crippen LogP contribution >= 0.6 is 0 Å². The smallest absolute Gasteiger partial charge is 0.258 e. The van der Waals surface area contributed by atoms with Gasteiger partial charge in [-0.05, 0) is 37.3 Å². The molecule has 1 aromatic heterocycles. The number of amides is 1. The standard InChI is InChI=1S/C23H20FN7O2/c1-12-16-7-14(24)4-5-15(16)23(32)30(2)11-18-20(17-9-27-21(26)22(29-17)33-12)31-10-13(8-25)3-6-19(31)28-18/h3-7,9-10,12,18,20H,11H2,1-2H3,(H2,26,27)/t12-,18?,20?/m1/s1. The minimum absolute atomic E-state index is 0.0755. The molecule has 9 nitrogen and oxygen atoms in total. The summed E-state index contributed by atoms with van der Waals surface area (Å²) in [5, 5.41) is 9.37. The second kappa shape index (κ2) is 7.70. The van der Waals surface area contributed by atoms with Gasteiger partial charge in [0.1, 0.15) is 29.9 Å². The number of halogens is 1. The highest BCUT2D eigenvalue weighted by Crippen LogP contribution is 2.37. The lowest BCUT2D eigenvalue weighted by Gasteiger charge is -2.31. The molecule has 33 heavy (non-hydrogen) atoms. The molecule has 4 heterocycles. The second-order valence-electron chi connectivity index (χ2n) is 8.10. The van der Waals surface area contributed by atoms with E-state index in [-0.39, 0.29) is 24.1 Å². The first-order valence-corrected chi connectivity index (χ1v) is 10.4. The van der Waals surface area contributed by atoms with E-state index in [1.54, 1.807) is 43.4 Å². The number of fused-ring (bicyclic) bond motifs is 7. The number of ether oxygens (including phenoxy) is 1. The number of aromatic nitrogens is 2. The molecule has 2 aromatic rings. The lowest BCUT2D eigenvalue weighted by atomic mass is 10.00. The summed E-state index contributed by atoms with van der Waals surface area (Å²) in [6.07, 6.45) is 5.98. The number of carbonyl (C=O) groups excluding carboxylic acids is 1. The Kier molecular flexibility index (Phi) is 4.82. The molecule has 0 aliphatic carbocycles. The Labute approximate surface area is 189 Å².